The molecular formula is C20H34IN3O2S. The summed E-state index contributed by atoms with van der Waals surface area (Å²) in [6.07, 6.45) is 2.65. The summed E-state index contributed by atoms with van der Waals surface area (Å²) >= 11 is 2.06. The third-order valence-electron chi connectivity index (χ3n) is 4.12. The van der Waals surface area contributed by atoms with Gasteiger partial charge in [-0.05, 0) is 43.6 Å². The Morgan fingerprint density at radius 1 is 1.19 bits per heavy atom. The van der Waals surface area contributed by atoms with Gasteiger partial charge in [0.1, 0.15) is 0 Å². The topological polar surface area (TPSA) is 54.9 Å². The average Bonchev–Trinajstić information content (AvgIpc) is 3.18. The fourth-order valence-electron chi connectivity index (χ4n) is 2.80. The fourth-order valence-corrected chi connectivity index (χ4v) is 4.00. The molecule has 1 unspecified atom stereocenters. The number of hydrogen-bond donors (Lipinski definition) is 2. The lowest BCUT2D eigenvalue weighted by Crippen LogP contribution is -2.40. The summed E-state index contributed by atoms with van der Waals surface area (Å²) in [6, 6.07) is 8.44. The van der Waals surface area contributed by atoms with Crippen molar-refractivity contribution in [2.75, 3.05) is 38.7 Å². The Hall–Kier alpha value is -0.510. The van der Waals surface area contributed by atoms with E-state index in [1.807, 2.05) is 6.92 Å². The van der Waals surface area contributed by atoms with Crippen molar-refractivity contribution in [1.82, 2.24) is 10.6 Å². The number of hydrogen-bond acceptors (Lipinski definition) is 4. The second-order valence-electron chi connectivity index (χ2n) is 6.28. The van der Waals surface area contributed by atoms with Gasteiger partial charge in [0.15, 0.2) is 5.96 Å². The molecule has 1 aromatic rings. The molecule has 1 atom stereocenters. The second kappa shape index (κ2) is 15.4. The van der Waals surface area contributed by atoms with Gasteiger partial charge in [-0.25, -0.2) is 4.99 Å². The number of nitrogens with zero attached hydrogens (tertiary/aromatic N) is 1. The molecule has 1 aliphatic heterocycles. The van der Waals surface area contributed by atoms with Gasteiger partial charge in [-0.3, -0.25) is 0 Å². The van der Waals surface area contributed by atoms with Crippen molar-refractivity contribution < 1.29 is 9.47 Å². The van der Waals surface area contributed by atoms with E-state index in [2.05, 4.69) is 53.6 Å². The second-order valence-corrected chi connectivity index (χ2v) is 7.69. The van der Waals surface area contributed by atoms with Crippen LogP contribution < -0.4 is 10.6 Å². The van der Waals surface area contributed by atoms with Gasteiger partial charge in [-0.15, -0.1) is 24.0 Å². The lowest BCUT2D eigenvalue weighted by molar-refractivity contribution is 0.0453. The zero-order chi connectivity index (χ0) is 18.5. The van der Waals surface area contributed by atoms with E-state index in [-0.39, 0.29) is 24.0 Å². The molecule has 0 bridgehead atoms. The highest BCUT2D eigenvalue weighted by Gasteiger charge is 2.15. The minimum Gasteiger partial charge on any atom is -0.379 e. The molecule has 7 heteroatoms. The number of ether oxygens (including phenoxy) is 2. The summed E-state index contributed by atoms with van der Waals surface area (Å²) in [5, 5.41) is 7.54. The number of thioether (sulfide) groups is 1. The lowest BCUT2D eigenvalue weighted by Gasteiger charge is -2.14. The van der Waals surface area contributed by atoms with Crippen LogP contribution >= 0.6 is 35.7 Å². The van der Waals surface area contributed by atoms with E-state index in [0.717, 1.165) is 30.9 Å². The average molecular weight is 507 g/mol. The van der Waals surface area contributed by atoms with Crippen molar-refractivity contribution in [1.29, 1.82) is 0 Å². The van der Waals surface area contributed by atoms with Crippen LogP contribution in [0.5, 0.6) is 0 Å². The molecule has 0 aromatic heterocycles. The first-order valence-electron chi connectivity index (χ1n) is 9.69. The Balaban J connectivity index is 0.00000364. The van der Waals surface area contributed by atoms with Crippen LogP contribution in [-0.4, -0.2) is 49.9 Å². The van der Waals surface area contributed by atoms with Gasteiger partial charge < -0.3 is 20.1 Å². The Kier molecular flexibility index (Phi) is 14.0. The predicted molar refractivity (Wildman–Crippen MR) is 126 cm³/mol. The summed E-state index contributed by atoms with van der Waals surface area (Å²) < 4.78 is 10.9. The molecule has 1 aromatic carbocycles. The molecule has 0 amide bonds. The van der Waals surface area contributed by atoms with Gasteiger partial charge in [-0.1, -0.05) is 24.3 Å². The van der Waals surface area contributed by atoms with Gasteiger partial charge in [0.25, 0.3) is 0 Å². The maximum Gasteiger partial charge on any atom is 0.191 e. The molecule has 0 radical (unpaired) electrons. The van der Waals surface area contributed by atoms with Crippen LogP contribution in [0, 0.1) is 0 Å². The molecule has 2 N–H and O–H groups in total. The zero-order valence-corrected chi connectivity index (χ0v) is 19.7. The van der Waals surface area contributed by atoms with E-state index in [0.29, 0.717) is 26.4 Å². The first kappa shape index (κ1) is 24.5. The van der Waals surface area contributed by atoms with Crippen molar-refractivity contribution in [3.8, 4) is 0 Å². The quantitative estimate of drug-likeness (QED) is 0.207. The smallest absolute Gasteiger partial charge is 0.191 e. The summed E-state index contributed by atoms with van der Waals surface area (Å²) in [4.78, 5) is 4.73. The van der Waals surface area contributed by atoms with E-state index >= 15 is 0 Å². The highest BCUT2D eigenvalue weighted by molar-refractivity contribution is 14.0. The maximum atomic E-state index is 5.65. The molecule has 0 spiro atoms. The van der Waals surface area contributed by atoms with Crippen LogP contribution in [0.4, 0.5) is 0 Å². The number of guanidine groups is 1. The molecule has 154 valence electrons. The van der Waals surface area contributed by atoms with Crippen molar-refractivity contribution in [3.05, 3.63) is 35.4 Å². The van der Waals surface area contributed by atoms with Crippen molar-refractivity contribution in [2.45, 2.75) is 45.1 Å². The van der Waals surface area contributed by atoms with Crippen molar-refractivity contribution >= 4 is 41.7 Å². The summed E-state index contributed by atoms with van der Waals surface area (Å²) in [5.41, 5.74) is 2.37. The van der Waals surface area contributed by atoms with Crippen LogP contribution in [0.25, 0.3) is 0 Å². The van der Waals surface area contributed by atoms with E-state index < -0.39 is 0 Å². The number of nitrogens with one attached hydrogen (secondary N) is 2. The van der Waals surface area contributed by atoms with Crippen LogP contribution in [0.3, 0.4) is 0 Å². The van der Waals surface area contributed by atoms with E-state index in [1.54, 1.807) is 0 Å². The van der Waals surface area contributed by atoms with Crippen LogP contribution in [0.1, 0.15) is 37.8 Å². The monoisotopic (exact) mass is 507 g/mol. The number of halogens is 1. The molecule has 5 nitrogen and oxygen atoms in total. The molecule has 27 heavy (non-hydrogen) atoms. The summed E-state index contributed by atoms with van der Waals surface area (Å²) in [6.45, 7) is 9.25. The Morgan fingerprint density at radius 3 is 2.74 bits per heavy atom. The third kappa shape index (κ3) is 10.6. The van der Waals surface area contributed by atoms with Gasteiger partial charge in [0, 0.05) is 24.9 Å². The normalized spacial score (nSPS) is 16.8. The van der Waals surface area contributed by atoms with Crippen molar-refractivity contribution in [2.24, 2.45) is 4.99 Å². The molecule has 1 heterocycles. The van der Waals surface area contributed by atoms with Crippen LogP contribution in [0.2, 0.25) is 0 Å². The standard InChI is InChI=1S/C20H33N3O2S.HI/c1-3-21-20(23-15-19-9-6-12-26-19)22-14-17-7-5-8-18(13-17)16-25-11-10-24-4-2;/h5,7-8,13,19H,3-4,6,9-12,14-16H2,1-2H3,(H2,21,22,23);1H. The summed E-state index contributed by atoms with van der Waals surface area (Å²) in [7, 11) is 0. The number of rotatable bonds is 11. The van der Waals surface area contributed by atoms with Gasteiger partial charge in [-0.2, -0.15) is 11.8 Å². The van der Waals surface area contributed by atoms with Gasteiger partial charge >= 0.3 is 0 Å². The lowest BCUT2D eigenvalue weighted by atomic mass is 10.1. The molecule has 1 fully saturated rings. The Bertz CT molecular complexity index is 540. The SMILES string of the molecule is CCNC(=NCc1cccc(COCCOCC)c1)NCC1CCCS1.I. The largest absolute Gasteiger partial charge is 0.379 e. The number of aliphatic imine (C=N–C) groups is 1. The fraction of sp³-hybridized carbons (Fsp3) is 0.650. The highest BCUT2D eigenvalue weighted by atomic mass is 127. The molecule has 0 aliphatic carbocycles. The van der Waals surface area contributed by atoms with E-state index in [1.165, 1.54) is 29.7 Å². The highest BCUT2D eigenvalue weighted by Crippen LogP contribution is 2.25. The summed E-state index contributed by atoms with van der Waals surface area (Å²) in [5.74, 6) is 2.19. The Morgan fingerprint density at radius 2 is 2.00 bits per heavy atom. The minimum atomic E-state index is 0. The molecular weight excluding hydrogens is 473 g/mol. The van der Waals surface area contributed by atoms with Gasteiger partial charge in [0.2, 0.25) is 0 Å². The maximum absolute atomic E-state index is 5.65. The van der Waals surface area contributed by atoms with Crippen molar-refractivity contribution in [3.63, 3.8) is 0 Å². The first-order valence-corrected chi connectivity index (χ1v) is 10.7. The number of benzene rings is 1. The van der Waals surface area contributed by atoms with E-state index in [9.17, 15) is 0 Å². The minimum absolute atomic E-state index is 0. The van der Waals surface area contributed by atoms with Crippen LogP contribution in [-0.2, 0) is 22.6 Å². The van der Waals surface area contributed by atoms with Crippen LogP contribution in [0.15, 0.2) is 29.3 Å². The van der Waals surface area contributed by atoms with Gasteiger partial charge in [0.05, 0.1) is 26.4 Å². The third-order valence-corrected chi connectivity index (χ3v) is 5.52. The molecule has 0 saturated carbocycles. The Labute approximate surface area is 185 Å². The first-order chi connectivity index (χ1) is 12.8. The predicted octanol–water partition coefficient (Wildman–Crippen LogP) is 3.81. The molecule has 1 aliphatic rings. The van der Waals surface area contributed by atoms with E-state index in [4.69, 9.17) is 14.5 Å². The molecule has 2 rings (SSSR count). The zero-order valence-electron chi connectivity index (χ0n) is 16.5. The molecule has 1 saturated heterocycles.